The lowest BCUT2D eigenvalue weighted by molar-refractivity contribution is -0.142. The zero-order chi connectivity index (χ0) is 12.2. The van der Waals surface area contributed by atoms with Crippen LogP contribution in [0, 0.1) is 17.2 Å². The number of carbonyl (C=O) groups is 1. The van der Waals surface area contributed by atoms with Crippen molar-refractivity contribution in [3.8, 4) is 0 Å². The van der Waals surface area contributed by atoms with Crippen LogP contribution in [0.4, 0.5) is 4.39 Å². The van der Waals surface area contributed by atoms with Gasteiger partial charge in [-0.15, -0.1) is 0 Å². The van der Waals surface area contributed by atoms with Crippen LogP contribution in [-0.2, 0) is 11.2 Å². The number of carboxylic acid groups (broad SMARTS) is 1. The average molecular weight is 234 g/mol. The zero-order valence-electron chi connectivity index (χ0n) is 9.74. The summed E-state index contributed by atoms with van der Waals surface area (Å²) in [5.74, 6) is -1.29. The van der Waals surface area contributed by atoms with Crippen LogP contribution in [-0.4, -0.2) is 11.1 Å². The molecule has 2 aliphatic rings. The topological polar surface area (TPSA) is 37.3 Å². The van der Waals surface area contributed by atoms with Crippen LogP contribution < -0.4 is 0 Å². The molecule has 90 valence electrons. The molecule has 0 bridgehead atoms. The van der Waals surface area contributed by atoms with E-state index >= 15 is 0 Å². The molecular weight excluding hydrogens is 219 g/mol. The zero-order valence-corrected chi connectivity index (χ0v) is 9.74. The van der Waals surface area contributed by atoms with E-state index in [2.05, 4.69) is 0 Å². The minimum atomic E-state index is -0.751. The van der Waals surface area contributed by atoms with Crippen molar-refractivity contribution in [2.45, 2.75) is 32.1 Å². The van der Waals surface area contributed by atoms with Crippen LogP contribution in [0.15, 0.2) is 18.2 Å². The monoisotopic (exact) mass is 234 g/mol. The van der Waals surface area contributed by atoms with Crippen molar-refractivity contribution in [1.29, 1.82) is 0 Å². The van der Waals surface area contributed by atoms with Crippen LogP contribution in [0.1, 0.15) is 36.8 Å². The minimum Gasteiger partial charge on any atom is -0.481 e. The Labute approximate surface area is 99.5 Å². The maximum atomic E-state index is 13.2. The first-order valence-corrected chi connectivity index (χ1v) is 6.05. The highest BCUT2D eigenvalue weighted by Gasteiger charge is 2.57. The van der Waals surface area contributed by atoms with E-state index in [1.54, 1.807) is 19.1 Å². The van der Waals surface area contributed by atoms with Gasteiger partial charge in [0.1, 0.15) is 5.82 Å². The van der Waals surface area contributed by atoms with E-state index in [-0.39, 0.29) is 23.1 Å². The van der Waals surface area contributed by atoms with E-state index in [1.807, 2.05) is 0 Å². The number of halogens is 1. The van der Waals surface area contributed by atoms with Crippen LogP contribution >= 0.6 is 0 Å². The summed E-state index contributed by atoms with van der Waals surface area (Å²) >= 11 is 0. The SMILES string of the molecule is C[C@H](C(=O)O)C1c2ccc(F)cc2CC12CC2. The van der Waals surface area contributed by atoms with Crippen molar-refractivity contribution in [3.63, 3.8) is 0 Å². The van der Waals surface area contributed by atoms with Gasteiger partial charge in [-0.1, -0.05) is 13.0 Å². The van der Waals surface area contributed by atoms with E-state index in [1.165, 1.54) is 6.07 Å². The fourth-order valence-corrected chi connectivity index (χ4v) is 3.44. The summed E-state index contributed by atoms with van der Waals surface area (Å²) < 4.78 is 13.2. The first-order chi connectivity index (χ1) is 8.03. The van der Waals surface area contributed by atoms with Gasteiger partial charge in [-0.05, 0) is 47.9 Å². The second-order valence-corrected chi connectivity index (χ2v) is 5.49. The lowest BCUT2D eigenvalue weighted by atomic mass is 9.80. The van der Waals surface area contributed by atoms with Gasteiger partial charge >= 0.3 is 5.97 Å². The molecular formula is C14H15FO2. The van der Waals surface area contributed by atoms with Crippen LogP contribution in [0.3, 0.4) is 0 Å². The highest BCUT2D eigenvalue weighted by molar-refractivity contribution is 5.72. The van der Waals surface area contributed by atoms with Gasteiger partial charge in [-0.2, -0.15) is 0 Å². The number of benzene rings is 1. The van der Waals surface area contributed by atoms with Crippen molar-refractivity contribution in [1.82, 2.24) is 0 Å². The highest BCUT2D eigenvalue weighted by Crippen LogP contribution is 2.65. The Morgan fingerprint density at radius 3 is 2.82 bits per heavy atom. The molecule has 0 heterocycles. The summed E-state index contributed by atoms with van der Waals surface area (Å²) in [6, 6.07) is 4.80. The molecule has 3 rings (SSSR count). The smallest absolute Gasteiger partial charge is 0.306 e. The third-order valence-electron chi connectivity index (χ3n) is 4.42. The van der Waals surface area contributed by atoms with Crippen molar-refractivity contribution < 1.29 is 14.3 Å². The van der Waals surface area contributed by atoms with Gasteiger partial charge in [0.25, 0.3) is 0 Å². The van der Waals surface area contributed by atoms with Gasteiger partial charge < -0.3 is 5.11 Å². The number of rotatable bonds is 2. The first kappa shape index (κ1) is 10.8. The summed E-state index contributed by atoms with van der Waals surface area (Å²) in [5, 5.41) is 9.21. The maximum absolute atomic E-state index is 13.2. The summed E-state index contributed by atoms with van der Waals surface area (Å²) in [5.41, 5.74) is 2.19. The van der Waals surface area contributed by atoms with Gasteiger partial charge in [-0.25, -0.2) is 4.39 Å². The van der Waals surface area contributed by atoms with Crippen molar-refractivity contribution in [3.05, 3.63) is 35.1 Å². The molecule has 1 fully saturated rings. The van der Waals surface area contributed by atoms with Crippen LogP contribution in [0.5, 0.6) is 0 Å². The Bertz CT molecular complexity index is 491. The van der Waals surface area contributed by atoms with Gasteiger partial charge in [0, 0.05) is 5.92 Å². The fraction of sp³-hybridized carbons (Fsp3) is 0.500. The molecule has 1 saturated carbocycles. The number of carboxylic acids is 1. The van der Waals surface area contributed by atoms with Crippen LogP contribution in [0.2, 0.25) is 0 Å². The molecule has 0 saturated heterocycles. The molecule has 1 N–H and O–H groups in total. The summed E-state index contributed by atoms with van der Waals surface area (Å²) in [6.45, 7) is 1.77. The van der Waals surface area contributed by atoms with Gasteiger partial charge in [0.2, 0.25) is 0 Å². The van der Waals surface area contributed by atoms with E-state index in [0.717, 1.165) is 30.4 Å². The molecule has 1 aromatic carbocycles. The van der Waals surface area contributed by atoms with E-state index in [4.69, 9.17) is 0 Å². The molecule has 0 aromatic heterocycles. The summed E-state index contributed by atoms with van der Waals surface area (Å²) in [7, 11) is 0. The molecule has 0 radical (unpaired) electrons. The Hall–Kier alpha value is -1.38. The maximum Gasteiger partial charge on any atom is 0.306 e. The molecule has 2 atom stereocenters. The molecule has 2 nitrogen and oxygen atoms in total. The lowest BCUT2D eigenvalue weighted by Crippen LogP contribution is -2.23. The third-order valence-corrected chi connectivity index (χ3v) is 4.42. The number of hydrogen-bond donors (Lipinski definition) is 1. The third kappa shape index (κ3) is 1.48. The first-order valence-electron chi connectivity index (χ1n) is 6.05. The van der Waals surface area contributed by atoms with Gasteiger partial charge in [-0.3, -0.25) is 4.79 Å². The summed E-state index contributed by atoms with van der Waals surface area (Å²) in [6.07, 6.45) is 3.00. The minimum absolute atomic E-state index is 0.0654. The predicted molar refractivity (Wildman–Crippen MR) is 61.3 cm³/mol. The Morgan fingerprint density at radius 1 is 1.53 bits per heavy atom. The van der Waals surface area contributed by atoms with E-state index in [0.29, 0.717) is 0 Å². The Morgan fingerprint density at radius 2 is 2.24 bits per heavy atom. The van der Waals surface area contributed by atoms with Crippen molar-refractivity contribution >= 4 is 5.97 Å². The average Bonchev–Trinajstić information content (AvgIpc) is 2.93. The quantitative estimate of drug-likeness (QED) is 0.854. The van der Waals surface area contributed by atoms with Crippen molar-refractivity contribution in [2.24, 2.45) is 11.3 Å². The molecule has 1 aromatic rings. The molecule has 2 aliphatic carbocycles. The van der Waals surface area contributed by atoms with Crippen molar-refractivity contribution in [2.75, 3.05) is 0 Å². The number of fused-ring (bicyclic) bond motifs is 1. The molecule has 0 amide bonds. The molecule has 0 aliphatic heterocycles. The second-order valence-electron chi connectivity index (χ2n) is 5.49. The lowest BCUT2D eigenvalue weighted by Gasteiger charge is -2.23. The largest absolute Gasteiger partial charge is 0.481 e. The highest BCUT2D eigenvalue weighted by atomic mass is 19.1. The van der Waals surface area contributed by atoms with E-state index < -0.39 is 5.97 Å². The van der Waals surface area contributed by atoms with Crippen LogP contribution in [0.25, 0.3) is 0 Å². The van der Waals surface area contributed by atoms with Gasteiger partial charge in [0.05, 0.1) is 5.92 Å². The number of hydrogen-bond acceptors (Lipinski definition) is 1. The Kier molecular flexibility index (Phi) is 2.09. The normalized spacial score (nSPS) is 25.6. The molecule has 1 unspecified atom stereocenters. The summed E-state index contributed by atoms with van der Waals surface area (Å²) in [4.78, 5) is 11.2. The number of aliphatic carboxylic acids is 1. The predicted octanol–water partition coefficient (Wildman–Crippen LogP) is 2.97. The second kappa shape index (κ2) is 3.31. The molecule has 3 heteroatoms. The Balaban J connectivity index is 2.06. The fourth-order valence-electron chi connectivity index (χ4n) is 3.44. The molecule has 1 spiro atoms. The van der Waals surface area contributed by atoms with E-state index in [9.17, 15) is 14.3 Å². The van der Waals surface area contributed by atoms with Gasteiger partial charge in [0.15, 0.2) is 0 Å². The standard InChI is InChI=1S/C14H15FO2/c1-8(13(16)17)12-11-3-2-10(15)6-9(11)7-14(12)4-5-14/h2-3,6,8,12H,4-5,7H2,1H3,(H,16,17)/t8-,12?/m0/s1. The molecule has 17 heavy (non-hydrogen) atoms.